The summed E-state index contributed by atoms with van der Waals surface area (Å²) in [6, 6.07) is 21.2. The molecule has 0 bridgehead atoms. The molecule has 3 aromatic carbocycles. The van der Waals surface area contributed by atoms with Gasteiger partial charge in [-0.3, -0.25) is 9.78 Å². The molecule has 0 fully saturated rings. The molecule has 1 radical (unpaired) electrons. The molecule has 3 heterocycles. The number of allylic oxidation sites excluding steroid dienone is 2. The van der Waals surface area contributed by atoms with Gasteiger partial charge in [-0.2, -0.15) is 0 Å². The normalized spacial score (nSPS) is 16.4. The van der Waals surface area contributed by atoms with Crippen LogP contribution >= 0.6 is 11.3 Å². The fourth-order valence-electron chi connectivity index (χ4n) is 7.46. The van der Waals surface area contributed by atoms with E-state index >= 15 is 0 Å². The first-order valence-corrected chi connectivity index (χ1v) is 20.3. The molecule has 53 heavy (non-hydrogen) atoms. The van der Waals surface area contributed by atoms with Crippen LogP contribution in [0, 0.1) is 22.8 Å². The van der Waals surface area contributed by atoms with Crippen LogP contribution in [0.1, 0.15) is 132 Å². The molecular formula is C47H60IrNO3S-. The van der Waals surface area contributed by atoms with Crippen molar-refractivity contribution in [2.75, 3.05) is 0 Å². The minimum atomic E-state index is -0.337. The number of aliphatic hydroxyl groups excluding tert-OH is 1. The average Bonchev–Trinajstić information content (AvgIpc) is 3.66. The van der Waals surface area contributed by atoms with Crippen LogP contribution in [0.4, 0.5) is 0 Å². The first-order chi connectivity index (χ1) is 24.5. The second kappa shape index (κ2) is 16.8. The largest absolute Gasteiger partial charge is 0.512 e. The van der Waals surface area contributed by atoms with Crippen LogP contribution in [-0.4, -0.2) is 22.0 Å². The summed E-state index contributed by atoms with van der Waals surface area (Å²) in [5.41, 5.74) is 4.25. The Morgan fingerprint density at radius 1 is 0.943 bits per heavy atom. The summed E-state index contributed by atoms with van der Waals surface area (Å²) in [6.45, 7) is 25.8. The van der Waals surface area contributed by atoms with Gasteiger partial charge < -0.3 is 9.84 Å². The number of hydrogen-bond acceptors (Lipinski definition) is 5. The molecule has 6 rings (SSSR count). The van der Waals surface area contributed by atoms with Gasteiger partial charge in [0.15, 0.2) is 5.78 Å². The molecule has 2 atom stereocenters. The second-order valence-electron chi connectivity index (χ2n) is 16.9. The van der Waals surface area contributed by atoms with Crippen molar-refractivity contribution in [2.45, 2.75) is 133 Å². The number of aromatic nitrogens is 1. The smallest absolute Gasteiger partial charge is 0.164 e. The predicted octanol–water partition coefficient (Wildman–Crippen LogP) is 13.9. The van der Waals surface area contributed by atoms with Gasteiger partial charge in [0.25, 0.3) is 0 Å². The predicted molar refractivity (Wildman–Crippen MR) is 223 cm³/mol. The molecule has 1 aliphatic rings. The number of pyridine rings is 1. The van der Waals surface area contributed by atoms with Crippen molar-refractivity contribution in [1.29, 1.82) is 0 Å². The zero-order valence-electron chi connectivity index (χ0n) is 34.0. The van der Waals surface area contributed by atoms with E-state index in [9.17, 15) is 9.90 Å². The molecule has 6 heteroatoms. The summed E-state index contributed by atoms with van der Waals surface area (Å²) < 4.78 is 8.90. The van der Waals surface area contributed by atoms with E-state index in [4.69, 9.17) is 9.72 Å². The average molecular weight is 911 g/mol. The topological polar surface area (TPSA) is 59.4 Å². The summed E-state index contributed by atoms with van der Waals surface area (Å²) in [5.74, 6) is 2.38. The maximum Gasteiger partial charge on any atom is 0.164 e. The molecule has 0 aliphatic carbocycles. The molecule has 1 aliphatic heterocycles. The summed E-state index contributed by atoms with van der Waals surface area (Å²) in [6.07, 6.45) is 8.07. The number of carbonyl (C=O) groups excluding carboxylic acids is 1. The molecule has 0 spiro atoms. The zero-order chi connectivity index (χ0) is 38.2. The first kappa shape index (κ1) is 42.7. The van der Waals surface area contributed by atoms with Crippen LogP contribution in [0.3, 0.4) is 0 Å². The number of rotatable bonds is 10. The Kier molecular flexibility index (Phi) is 13.5. The number of nitrogens with zero attached hydrogens (tertiary/aromatic N) is 1. The van der Waals surface area contributed by atoms with Crippen molar-refractivity contribution >= 4 is 48.1 Å². The number of fused-ring (bicyclic) bond motifs is 6. The summed E-state index contributed by atoms with van der Waals surface area (Å²) in [4.78, 5) is 17.1. The van der Waals surface area contributed by atoms with E-state index in [1.165, 1.54) is 42.8 Å². The second-order valence-corrected chi connectivity index (χ2v) is 17.9. The number of carbonyl (C=O) groups is 1. The van der Waals surface area contributed by atoms with Crippen molar-refractivity contribution in [3.8, 4) is 17.0 Å². The van der Waals surface area contributed by atoms with Gasteiger partial charge in [-0.15, -0.1) is 40.5 Å². The summed E-state index contributed by atoms with van der Waals surface area (Å²) in [5, 5.41) is 15.2. The van der Waals surface area contributed by atoms with Gasteiger partial charge >= 0.3 is 0 Å². The first-order valence-electron chi connectivity index (χ1n) is 19.4. The monoisotopic (exact) mass is 911 g/mol. The van der Waals surface area contributed by atoms with E-state index in [0.29, 0.717) is 11.8 Å². The number of aliphatic hydroxyl groups is 1. The van der Waals surface area contributed by atoms with E-state index in [-0.39, 0.29) is 54.0 Å². The Labute approximate surface area is 336 Å². The Morgan fingerprint density at radius 2 is 1.58 bits per heavy atom. The van der Waals surface area contributed by atoms with E-state index in [2.05, 4.69) is 96.1 Å². The van der Waals surface area contributed by atoms with E-state index in [0.717, 1.165) is 54.5 Å². The fourth-order valence-corrected chi connectivity index (χ4v) is 8.68. The Balaban J connectivity index is 0.000000299. The van der Waals surface area contributed by atoms with Crippen molar-refractivity contribution in [2.24, 2.45) is 16.7 Å². The van der Waals surface area contributed by atoms with E-state index in [1.807, 2.05) is 59.1 Å². The summed E-state index contributed by atoms with van der Waals surface area (Å²) in [7, 11) is 0. The molecule has 0 saturated carbocycles. The molecule has 1 N–H and O–H groups in total. The van der Waals surface area contributed by atoms with Crippen LogP contribution in [0.25, 0.3) is 42.2 Å². The van der Waals surface area contributed by atoms with Crippen LogP contribution in [-0.2, 0) is 30.3 Å². The maximum absolute atomic E-state index is 12.2. The third-order valence-electron chi connectivity index (χ3n) is 12.0. The van der Waals surface area contributed by atoms with E-state index < -0.39 is 0 Å². The van der Waals surface area contributed by atoms with Crippen LogP contribution in [0.15, 0.2) is 66.6 Å². The van der Waals surface area contributed by atoms with Gasteiger partial charge in [-0.05, 0) is 73.9 Å². The van der Waals surface area contributed by atoms with Crippen molar-refractivity contribution < 1.29 is 34.7 Å². The minimum Gasteiger partial charge on any atom is -0.512 e. The molecular weight excluding hydrogens is 851 g/mol. The van der Waals surface area contributed by atoms with Gasteiger partial charge in [0.05, 0.1) is 0 Å². The van der Waals surface area contributed by atoms with Crippen molar-refractivity contribution in [3.05, 3.63) is 83.8 Å². The Bertz CT molecular complexity index is 2090. The van der Waals surface area contributed by atoms with Crippen molar-refractivity contribution in [3.63, 3.8) is 0 Å². The van der Waals surface area contributed by atoms with Crippen LogP contribution < -0.4 is 4.74 Å². The summed E-state index contributed by atoms with van der Waals surface area (Å²) >= 11 is 1.85. The number of thiophene rings is 1. The quantitative estimate of drug-likeness (QED) is 0.0862. The van der Waals surface area contributed by atoms with Gasteiger partial charge in [-0.1, -0.05) is 105 Å². The third kappa shape index (κ3) is 8.46. The fraction of sp³-hybridized carbons (Fsp3) is 0.489. The van der Waals surface area contributed by atoms with Gasteiger partial charge in [0.1, 0.15) is 17.6 Å². The standard InChI is InChI=1S/C32H32NOS.C15H28O2.Ir/c1-18(2)15-24-19(3)34-26-11-12-27-29(28(24)26)23-13-14-33-30(31(23)35-27)21-16-20-9-7-8-10-22(20)25(17-21)32(4,5)6;1-7-14(5,8-2)12(16)11-13(17)15(6,9-3)10-4;/h7-14,17-19,24H,15H2,1-6H3;11,16H,7-10H2,1-6H3;/q-1;;/b;12-11-;. The van der Waals surface area contributed by atoms with Gasteiger partial charge in [-0.25, -0.2) is 0 Å². The molecule has 287 valence electrons. The molecule has 4 nitrogen and oxygen atoms in total. The third-order valence-corrected chi connectivity index (χ3v) is 13.1. The van der Waals surface area contributed by atoms with Crippen molar-refractivity contribution in [1.82, 2.24) is 4.98 Å². The molecule has 0 saturated heterocycles. The number of ether oxygens (including phenoxy) is 1. The van der Waals surface area contributed by atoms with Crippen LogP contribution in [0.2, 0.25) is 0 Å². The maximum atomic E-state index is 12.2. The Morgan fingerprint density at radius 3 is 2.19 bits per heavy atom. The number of ketones is 1. The van der Waals surface area contributed by atoms with Crippen LogP contribution in [0.5, 0.6) is 5.75 Å². The molecule has 0 amide bonds. The molecule has 5 aromatic rings. The van der Waals surface area contributed by atoms with E-state index in [1.54, 1.807) is 0 Å². The SMILES string of the molecule is CC(C)CC1c2c(ccc3sc4c(-c5[c-]c6ccccc6c(C(C)(C)C)c5)nccc4c23)OC1C.CCC(C)(CC)C(=O)/C=C(\O)C(C)(CC)CC.[Ir]. The zero-order valence-corrected chi connectivity index (χ0v) is 37.2. The number of benzene rings is 3. The Hall–Kier alpha value is -3.05. The number of hydrogen-bond donors (Lipinski definition) is 1. The van der Waals surface area contributed by atoms with Gasteiger partial charge in [0, 0.05) is 75.2 Å². The van der Waals surface area contributed by atoms with Gasteiger partial charge in [0.2, 0.25) is 0 Å². The molecule has 2 aromatic heterocycles. The minimum absolute atomic E-state index is 0. The molecule has 2 unspecified atom stereocenters.